The third-order valence-electron chi connectivity index (χ3n) is 3.41. The number of rotatable bonds is 3. The number of thioether (sulfide) groups is 1. The van der Waals surface area contributed by atoms with Crippen LogP contribution in [0.2, 0.25) is 0 Å². The molecule has 102 valence electrons. The molecule has 0 spiro atoms. The van der Waals surface area contributed by atoms with Crippen LogP contribution in [0.25, 0.3) is 0 Å². The molecular formula is C16H16N2OS. The normalized spacial score (nSPS) is 12.7. The number of carbonyl (C=O) groups excluding carboxylic acids is 1. The zero-order chi connectivity index (χ0) is 13.9. The molecule has 0 bridgehead atoms. The summed E-state index contributed by atoms with van der Waals surface area (Å²) in [5.41, 5.74) is 3.88. The quantitative estimate of drug-likeness (QED) is 0.846. The molecule has 1 aliphatic heterocycles. The Hall–Kier alpha value is -1.94. The molecule has 0 aromatic heterocycles. The Labute approximate surface area is 122 Å². The fraction of sp³-hybridized carbons (Fsp3) is 0.188. The third-order valence-corrected chi connectivity index (χ3v) is 4.13. The van der Waals surface area contributed by atoms with Gasteiger partial charge in [0.25, 0.3) is 5.91 Å². The van der Waals surface area contributed by atoms with Gasteiger partial charge >= 0.3 is 0 Å². The lowest BCUT2D eigenvalue weighted by Gasteiger charge is -2.08. The van der Waals surface area contributed by atoms with Crippen molar-refractivity contribution in [2.45, 2.75) is 11.3 Å². The average molecular weight is 284 g/mol. The molecule has 0 unspecified atom stereocenters. The fourth-order valence-electron chi connectivity index (χ4n) is 2.34. The highest BCUT2D eigenvalue weighted by atomic mass is 32.2. The second kappa shape index (κ2) is 5.59. The topological polar surface area (TPSA) is 41.1 Å². The van der Waals surface area contributed by atoms with Gasteiger partial charge in [0.05, 0.1) is 0 Å². The van der Waals surface area contributed by atoms with E-state index in [-0.39, 0.29) is 5.91 Å². The van der Waals surface area contributed by atoms with Gasteiger partial charge in [-0.3, -0.25) is 4.79 Å². The minimum Gasteiger partial charge on any atom is -0.384 e. The Morgan fingerprint density at radius 2 is 2.15 bits per heavy atom. The van der Waals surface area contributed by atoms with Gasteiger partial charge in [0, 0.05) is 28.4 Å². The van der Waals surface area contributed by atoms with Crippen LogP contribution >= 0.6 is 11.8 Å². The van der Waals surface area contributed by atoms with E-state index in [2.05, 4.69) is 10.6 Å². The summed E-state index contributed by atoms with van der Waals surface area (Å²) in [6.07, 6.45) is 3.06. The minimum absolute atomic E-state index is 0.0697. The van der Waals surface area contributed by atoms with Crippen molar-refractivity contribution >= 4 is 29.0 Å². The molecule has 0 aliphatic carbocycles. The molecule has 0 atom stereocenters. The van der Waals surface area contributed by atoms with Gasteiger partial charge in [-0.1, -0.05) is 12.1 Å². The summed E-state index contributed by atoms with van der Waals surface area (Å²) in [6, 6.07) is 13.7. The van der Waals surface area contributed by atoms with Crippen LogP contribution < -0.4 is 10.6 Å². The molecule has 2 N–H and O–H groups in total. The maximum Gasteiger partial charge on any atom is 0.255 e. The first-order chi connectivity index (χ1) is 9.76. The van der Waals surface area contributed by atoms with Gasteiger partial charge < -0.3 is 10.6 Å². The zero-order valence-corrected chi connectivity index (χ0v) is 12.1. The molecule has 0 saturated carbocycles. The summed E-state index contributed by atoms with van der Waals surface area (Å²) in [5, 5.41) is 6.24. The summed E-state index contributed by atoms with van der Waals surface area (Å²) in [4.78, 5) is 13.4. The number of carbonyl (C=O) groups is 1. The molecule has 3 rings (SSSR count). The van der Waals surface area contributed by atoms with Crippen molar-refractivity contribution in [3.63, 3.8) is 0 Å². The van der Waals surface area contributed by atoms with Crippen molar-refractivity contribution in [2.75, 3.05) is 23.4 Å². The highest BCUT2D eigenvalue weighted by molar-refractivity contribution is 7.98. The summed E-state index contributed by atoms with van der Waals surface area (Å²) in [5.74, 6) is -0.0697. The van der Waals surface area contributed by atoms with Gasteiger partial charge in [0.15, 0.2) is 0 Å². The van der Waals surface area contributed by atoms with Crippen LogP contribution in [0.5, 0.6) is 0 Å². The number of benzene rings is 2. The van der Waals surface area contributed by atoms with Crippen LogP contribution in [0.15, 0.2) is 47.4 Å². The molecule has 2 aromatic rings. The molecule has 0 fully saturated rings. The van der Waals surface area contributed by atoms with Crippen molar-refractivity contribution < 1.29 is 4.79 Å². The third kappa shape index (κ3) is 2.65. The van der Waals surface area contributed by atoms with E-state index in [0.29, 0.717) is 5.56 Å². The molecule has 20 heavy (non-hydrogen) atoms. The Morgan fingerprint density at radius 3 is 3.00 bits per heavy atom. The van der Waals surface area contributed by atoms with Crippen LogP contribution in [0, 0.1) is 0 Å². The first-order valence-electron chi connectivity index (χ1n) is 6.58. The van der Waals surface area contributed by atoms with E-state index in [1.54, 1.807) is 11.8 Å². The van der Waals surface area contributed by atoms with Gasteiger partial charge in [-0.15, -0.1) is 11.8 Å². The Kier molecular flexibility index (Phi) is 3.65. The van der Waals surface area contributed by atoms with Crippen LogP contribution in [0.4, 0.5) is 11.4 Å². The van der Waals surface area contributed by atoms with Gasteiger partial charge in [-0.05, 0) is 48.6 Å². The average Bonchev–Trinajstić information content (AvgIpc) is 2.94. The highest BCUT2D eigenvalue weighted by Gasteiger charge is 2.13. The van der Waals surface area contributed by atoms with Crippen molar-refractivity contribution in [1.82, 2.24) is 0 Å². The smallest absolute Gasteiger partial charge is 0.255 e. The van der Waals surface area contributed by atoms with Crippen molar-refractivity contribution in [3.05, 3.63) is 53.6 Å². The number of hydrogen-bond donors (Lipinski definition) is 2. The van der Waals surface area contributed by atoms with Crippen LogP contribution in [0.1, 0.15) is 15.9 Å². The lowest BCUT2D eigenvalue weighted by Crippen LogP contribution is -2.12. The van der Waals surface area contributed by atoms with Crippen LogP contribution in [-0.4, -0.2) is 18.7 Å². The SMILES string of the molecule is CSc1cccc(NC(=O)c2ccc3c(c2)NCC3)c1. The monoisotopic (exact) mass is 284 g/mol. The van der Waals surface area contributed by atoms with E-state index in [1.165, 1.54) is 5.56 Å². The predicted molar refractivity (Wildman–Crippen MR) is 84.8 cm³/mol. The lowest BCUT2D eigenvalue weighted by molar-refractivity contribution is 0.102. The largest absolute Gasteiger partial charge is 0.384 e. The summed E-state index contributed by atoms with van der Waals surface area (Å²) >= 11 is 1.66. The second-order valence-corrected chi connectivity index (χ2v) is 5.61. The summed E-state index contributed by atoms with van der Waals surface area (Å²) in [6.45, 7) is 0.955. The molecule has 1 heterocycles. The van der Waals surface area contributed by atoms with E-state index < -0.39 is 0 Å². The summed E-state index contributed by atoms with van der Waals surface area (Å²) in [7, 11) is 0. The molecule has 0 saturated heterocycles. The number of hydrogen-bond acceptors (Lipinski definition) is 3. The minimum atomic E-state index is -0.0697. The molecule has 3 nitrogen and oxygen atoms in total. The Balaban J connectivity index is 1.79. The van der Waals surface area contributed by atoms with E-state index in [4.69, 9.17) is 0 Å². The number of nitrogens with one attached hydrogen (secondary N) is 2. The van der Waals surface area contributed by atoms with Crippen molar-refractivity contribution in [1.29, 1.82) is 0 Å². The van der Waals surface area contributed by atoms with Crippen molar-refractivity contribution in [3.8, 4) is 0 Å². The molecule has 2 aromatic carbocycles. The maximum atomic E-state index is 12.3. The van der Waals surface area contributed by atoms with Crippen LogP contribution in [0.3, 0.4) is 0 Å². The van der Waals surface area contributed by atoms with Gasteiger partial charge in [-0.2, -0.15) is 0 Å². The van der Waals surface area contributed by atoms with Crippen LogP contribution in [-0.2, 0) is 6.42 Å². The Morgan fingerprint density at radius 1 is 1.25 bits per heavy atom. The lowest BCUT2D eigenvalue weighted by atomic mass is 10.1. The number of amides is 1. The standard InChI is InChI=1S/C16H16N2OS/c1-20-14-4-2-3-13(10-14)18-16(19)12-6-5-11-7-8-17-15(11)9-12/h2-6,9-10,17H,7-8H2,1H3,(H,18,19). The van der Waals surface area contributed by atoms with E-state index in [1.807, 2.05) is 48.7 Å². The molecule has 4 heteroatoms. The maximum absolute atomic E-state index is 12.3. The van der Waals surface area contributed by atoms with Crippen molar-refractivity contribution in [2.24, 2.45) is 0 Å². The first-order valence-corrected chi connectivity index (χ1v) is 7.81. The predicted octanol–water partition coefficient (Wildman–Crippen LogP) is 3.63. The molecule has 0 radical (unpaired) electrons. The number of fused-ring (bicyclic) bond motifs is 1. The molecular weight excluding hydrogens is 268 g/mol. The summed E-state index contributed by atoms with van der Waals surface area (Å²) < 4.78 is 0. The number of anilines is 2. The molecule has 1 amide bonds. The fourth-order valence-corrected chi connectivity index (χ4v) is 2.80. The highest BCUT2D eigenvalue weighted by Crippen LogP contribution is 2.24. The Bertz CT molecular complexity index is 655. The first kappa shape index (κ1) is 13.1. The van der Waals surface area contributed by atoms with Gasteiger partial charge in [0.2, 0.25) is 0 Å². The van der Waals surface area contributed by atoms with E-state index in [9.17, 15) is 4.79 Å². The molecule has 1 aliphatic rings. The van der Waals surface area contributed by atoms with E-state index in [0.717, 1.165) is 29.2 Å². The van der Waals surface area contributed by atoms with Gasteiger partial charge in [0.1, 0.15) is 0 Å². The van der Waals surface area contributed by atoms with E-state index >= 15 is 0 Å². The zero-order valence-electron chi connectivity index (χ0n) is 11.3. The second-order valence-electron chi connectivity index (χ2n) is 4.73. The van der Waals surface area contributed by atoms with Gasteiger partial charge in [-0.25, -0.2) is 0 Å².